The molecule has 1 aliphatic heterocycles. The summed E-state index contributed by atoms with van der Waals surface area (Å²) in [6.07, 6.45) is 3.99. The maximum atomic E-state index is 13.4. The highest BCUT2D eigenvalue weighted by molar-refractivity contribution is 8.19. The van der Waals surface area contributed by atoms with E-state index in [1.165, 1.54) is 23.1 Å². The van der Waals surface area contributed by atoms with E-state index in [1.807, 2.05) is 109 Å². The van der Waals surface area contributed by atoms with Gasteiger partial charge in [0.05, 0.1) is 16.3 Å². The van der Waals surface area contributed by atoms with Crippen molar-refractivity contribution >= 4 is 51.1 Å². The highest BCUT2D eigenvalue weighted by Gasteiger charge is 2.35. The summed E-state index contributed by atoms with van der Waals surface area (Å²) in [6.45, 7) is 2.00. The number of thiazole rings is 1. The number of nitrogens with zero attached hydrogens (tertiary/aromatic N) is 3. The molecule has 4 aromatic rings. The first kappa shape index (κ1) is 22.1. The van der Waals surface area contributed by atoms with Gasteiger partial charge >= 0.3 is 0 Å². The third kappa shape index (κ3) is 4.93. The summed E-state index contributed by atoms with van der Waals surface area (Å²) in [6, 6.07) is 29.7. The van der Waals surface area contributed by atoms with E-state index in [0.29, 0.717) is 15.2 Å². The van der Waals surface area contributed by atoms with Gasteiger partial charge in [0.1, 0.15) is 0 Å². The number of para-hydroxylation sites is 1. The van der Waals surface area contributed by atoms with Crippen molar-refractivity contribution in [3.63, 3.8) is 0 Å². The fourth-order valence-corrected chi connectivity index (χ4v) is 5.34. The Balaban J connectivity index is 1.50. The molecular weight excluding hydrogens is 458 g/mol. The van der Waals surface area contributed by atoms with Gasteiger partial charge in [0.2, 0.25) is 5.13 Å². The summed E-state index contributed by atoms with van der Waals surface area (Å²) in [5.74, 6) is -0.0874. The van der Waals surface area contributed by atoms with Crippen molar-refractivity contribution in [1.82, 2.24) is 4.98 Å². The zero-order valence-electron chi connectivity index (χ0n) is 18.5. The summed E-state index contributed by atoms with van der Waals surface area (Å²) >= 11 is 2.84. The molecule has 166 valence electrons. The largest absolute Gasteiger partial charge is 0.271 e. The molecule has 0 spiro atoms. The normalized spacial score (nSPS) is 16.6. The highest BCUT2D eigenvalue weighted by atomic mass is 32.2. The second-order valence-corrected chi connectivity index (χ2v) is 9.51. The van der Waals surface area contributed by atoms with Crippen LogP contribution in [-0.2, 0) is 4.79 Å². The van der Waals surface area contributed by atoms with Crippen LogP contribution >= 0.6 is 23.1 Å². The summed E-state index contributed by atoms with van der Waals surface area (Å²) in [5.41, 5.74) is 4.80. The molecule has 0 radical (unpaired) electrons. The van der Waals surface area contributed by atoms with Gasteiger partial charge in [-0.3, -0.25) is 9.69 Å². The van der Waals surface area contributed by atoms with E-state index >= 15 is 0 Å². The summed E-state index contributed by atoms with van der Waals surface area (Å²) in [5, 5.41) is 3.21. The molecular formula is C28H21N3OS2. The van der Waals surface area contributed by atoms with E-state index in [-0.39, 0.29) is 5.91 Å². The maximum absolute atomic E-state index is 13.4. The number of aliphatic imine (C=N–C) groups is 1. The number of allylic oxidation sites excluding steroid dienone is 2. The van der Waals surface area contributed by atoms with E-state index in [9.17, 15) is 4.79 Å². The highest BCUT2D eigenvalue weighted by Crippen LogP contribution is 2.38. The van der Waals surface area contributed by atoms with Crippen molar-refractivity contribution in [1.29, 1.82) is 0 Å². The number of anilines is 1. The predicted molar refractivity (Wildman–Crippen MR) is 144 cm³/mol. The van der Waals surface area contributed by atoms with Crippen molar-refractivity contribution in [2.24, 2.45) is 4.99 Å². The molecule has 2 heterocycles. The summed E-state index contributed by atoms with van der Waals surface area (Å²) < 4.78 is 0. The van der Waals surface area contributed by atoms with Crippen LogP contribution in [0.5, 0.6) is 0 Å². The first-order valence-electron chi connectivity index (χ1n) is 10.8. The van der Waals surface area contributed by atoms with Gasteiger partial charge in [0.25, 0.3) is 5.91 Å². The average Bonchev–Trinajstić information content (AvgIpc) is 3.45. The molecule has 1 aliphatic rings. The number of thioether (sulfide) groups is 1. The van der Waals surface area contributed by atoms with Crippen molar-refractivity contribution in [2.45, 2.75) is 6.92 Å². The molecule has 1 saturated heterocycles. The fraction of sp³-hybridized carbons (Fsp3) is 0.0357. The molecule has 1 aromatic heterocycles. The number of amides is 1. The van der Waals surface area contributed by atoms with Crippen LogP contribution in [-0.4, -0.2) is 16.1 Å². The van der Waals surface area contributed by atoms with Crippen molar-refractivity contribution in [3.8, 4) is 11.3 Å². The lowest BCUT2D eigenvalue weighted by Crippen LogP contribution is -2.28. The number of hydrogen-bond acceptors (Lipinski definition) is 5. The predicted octanol–water partition coefficient (Wildman–Crippen LogP) is 7.57. The van der Waals surface area contributed by atoms with Gasteiger partial charge < -0.3 is 0 Å². The minimum atomic E-state index is -0.0874. The Morgan fingerprint density at radius 2 is 1.56 bits per heavy atom. The minimum Gasteiger partial charge on any atom is -0.268 e. The van der Waals surface area contributed by atoms with Crippen LogP contribution in [0, 0.1) is 0 Å². The van der Waals surface area contributed by atoms with Crippen molar-refractivity contribution < 1.29 is 4.79 Å². The standard InChI is InChI=1S/C28H21N3OS2/c1-20(17-21-11-5-2-6-12-21)18-25-26(32)31(23-15-9-4-10-16-23)28(34-25)30-27-29-24(19-33-27)22-13-7-3-8-14-22/h2-19H,1H3/b20-17+,25-18-,30-28+. The van der Waals surface area contributed by atoms with Gasteiger partial charge in [0, 0.05) is 10.9 Å². The SMILES string of the molecule is CC(/C=C1\S/C(=N/c2nc(-c3ccccc3)cs2)N(c2ccccc2)C1=O)=C\c1ccccc1. The molecule has 1 amide bonds. The Hall–Kier alpha value is -3.74. The van der Waals surface area contributed by atoms with Gasteiger partial charge in [-0.1, -0.05) is 84.9 Å². The minimum absolute atomic E-state index is 0.0874. The molecule has 0 unspecified atom stereocenters. The average molecular weight is 480 g/mol. The van der Waals surface area contributed by atoms with E-state index < -0.39 is 0 Å². The number of rotatable bonds is 5. The first-order chi connectivity index (χ1) is 16.7. The van der Waals surface area contributed by atoms with E-state index in [4.69, 9.17) is 4.99 Å². The van der Waals surface area contributed by atoms with Crippen molar-refractivity contribution in [3.05, 3.63) is 118 Å². The zero-order chi connectivity index (χ0) is 23.3. The van der Waals surface area contributed by atoms with Crippen LogP contribution in [0.4, 0.5) is 10.8 Å². The Kier molecular flexibility index (Phi) is 6.51. The Bertz CT molecular complexity index is 1390. The van der Waals surface area contributed by atoms with Crippen LogP contribution < -0.4 is 4.90 Å². The van der Waals surface area contributed by atoms with Crippen molar-refractivity contribution in [2.75, 3.05) is 4.90 Å². The topological polar surface area (TPSA) is 45.6 Å². The summed E-state index contributed by atoms with van der Waals surface area (Å²) in [4.78, 5) is 25.2. The second-order valence-electron chi connectivity index (χ2n) is 7.66. The number of hydrogen-bond donors (Lipinski definition) is 0. The molecule has 6 heteroatoms. The molecule has 3 aromatic carbocycles. The van der Waals surface area contributed by atoms with Crippen LogP contribution in [0.2, 0.25) is 0 Å². The quantitative estimate of drug-likeness (QED) is 0.277. The van der Waals surface area contributed by atoms with E-state index in [1.54, 1.807) is 4.90 Å². The molecule has 0 atom stereocenters. The number of benzene rings is 3. The molecule has 5 rings (SSSR count). The molecule has 4 nitrogen and oxygen atoms in total. The lowest BCUT2D eigenvalue weighted by molar-refractivity contribution is -0.113. The molecule has 0 saturated carbocycles. The number of carbonyl (C=O) groups is 1. The number of carbonyl (C=O) groups excluding carboxylic acids is 1. The Labute approximate surface area is 207 Å². The maximum Gasteiger partial charge on any atom is 0.271 e. The first-order valence-corrected chi connectivity index (χ1v) is 12.5. The van der Waals surface area contributed by atoms with Gasteiger partial charge in [-0.15, -0.1) is 11.3 Å². The summed E-state index contributed by atoms with van der Waals surface area (Å²) in [7, 11) is 0. The smallest absolute Gasteiger partial charge is 0.268 e. The lowest BCUT2D eigenvalue weighted by atomic mass is 10.1. The van der Waals surface area contributed by atoms with Gasteiger partial charge in [-0.05, 0) is 48.0 Å². The van der Waals surface area contributed by atoms with E-state index in [2.05, 4.69) is 11.1 Å². The monoisotopic (exact) mass is 479 g/mol. The molecule has 1 fully saturated rings. The lowest BCUT2D eigenvalue weighted by Gasteiger charge is -2.14. The van der Waals surface area contributed by atoms with Gasteiger partial charge in [0.15, 0.2) is 5.17 Å². The van der Waals surface area contributed by atoms with E-state index in [0.717, 1.165) is 28.1 Å². The third-order valence-electron chi connectivity index (χ3n) is 5.13. The molecule has 0 bridgehead atoms. The Morgan fingerprint density at radius 1 is 0.912 bits per heavy atom. The molecule has 0 aliphatic carbocycles. The molecule has 34 heavy (non-hydrogen) atoms. The third-order valence-corrected chi connectivity index (χ3v) is 6.83. The molecule has 0 N–H and O–H groups in total. The fourth-order valence-electron chi connectivity index (χ4n) is 3.55. The van der Waals surface area contributed by atoms with Crippen LogP contribution in [0.25, 0.3) is 17.3 Å². The number of aromatic nitrogens is 1. The van der Waals surface area contributed by atoms with Crippen LogP contribution in [0.15, 0.2) is 118 Å². The zero-order valence-corrected chi connectivity index (χ0v) is 20.1. The van der Waals surface area contributed by atoms with Gasteiger partial charge in [-0.25, -0.2) is 4.98 Å². The second kappa shape index (κ2) is 10.0. The Morgan fingerprint density at radius 3 is 2.26 bits per heavy atom. The van der Waals surface area contributed by atoms with Crippen LogP contribution in [0.3, 0.4) is 0 Å². The van der Waals surface area contributed by atoms with Crippen LogP contribution in [0.1, 0.15) is 12.5 Å². The van der Waals surface area contributed by atoms with Gasteiger partial charge in [-0.2, -0.15) is 4.99 Å². The number of amidine groups is 1.